The molecule has 2 aromatic rings. The Balaban J connectivity index is 2.02. The second-order valence-electron chi connectivity index (χ2n) is 3.22. The molecule has 0 fully saturated rings. The van der Waals surface area contributed by atoms with Crippen molar-refractivity contribution in [2.24, 2.45) is 0 Å². The van der Waals surface area contributed by atoms with E-state index in [0.29, 0.717) is 0 Å². The Labute approximate surface area is 97.9 Å². The molecule has 1 heterocycles. The Kier molecular flexibility index (Phi) is 3.23. The summed E-state index contributed by atoms with van der Waals surface area (Å²) in [5.74, 6) is 0. The van der Waals surface area contributed by atoms with Gasteiger partial charge in [-0.25, -0.2) is 4.98 Å². The van der Waals surface area contributed by atoms with Crippen LogP contribution in [0.1, 0.15) is 10.6 Å². The first-order chi connectivity index (χ1) is 7.25. The molecule has 0 aliphatic carbocycles. The summed E-state index contributed by atoms with van der Waals surface area (Å²) in [4.78, 5) is 5.46. The molecule has 1 N–H and O–H groups in total. The fourth-order valence-electron chi connectivity index (χ4n) is 1.28. The van der Waals surface area contributed by atoms with Crippen LogP contribution in [0.5, 0.6) is 0 Å². The normalized spacial score (nSPS) is 10.3. The van der Waals surface area contributed by atoms with Crippen molar-refractivity contribution in [3.63, 3.8) is 0 Å². The zero-order valence-corrected chi connectivity index (χ0v) is 9.90. The zero-order chi connectivity index (χ0) is 10.7. The average molecular weight is 239 g/mol. The summed E-state index contributed by atoms with van der Waals surface area (Å²) in [7, 11) is 0. The summed E-state index contributed by atoms with van der Waals surface area (Å²) in [6.45, 7) is 2.82. The minimum atomic E-state index is 0.751. The van der Waals surface area contributed by atoms with Crippen molar-refractivity contribution < 1.29 is 0 Å². The maximum atomic E-state index is 5.89. The lowest BCUT2D eigenvalue weighted by Gasteiger charge is -2.05. The van der Waals surface area contributed by atoms with Crippen molar-refractivity contribution in [3.05, 3.63) is 45.4 Å². The molecular formula is C11H11ClN2S. The van der Waals surface area contributed by atoms with Gasteiger partial charge < -0.3 is 5.32 Å². The minimum absolute atomic E-state index is 0.751. The van der Waals surface area contributed by atoms with Gasteiger partial charge in [0.05, 0.1) is 17.7 Å². The fraction of sp³-hybridized carbons (Fsp3) is 0.182. The van der Waals surface area contributed by atoms with Crippen molar-refractivity contribution in [3.8, 4) is 0 Å². The monoisotopic (exact) mass is 238 g/mol. The molecule has 0 unspecified atom stereocenters. The first-order valence-electron chi connectivity index (χ1n) is 4.64. The molecule has 0 spiro atoms. The van der Waals surface area contributed by atoms with Gasteiger partial charge in [0, 0.05) is 15.6 Å². The number of anilines is 1. The van der Waals surface area contributed by atoms with E-state index in [4.69, 9.17) is 11.6 Å². The van der Waals surface area contributed by atoms with E-state index >= 15 is 0 Å². The van der Waals surface area contributed by atoms with Crippen molar-refractivity contribution in [2.45, 2.75) is 13.5 Å². The molecule has 15 heavy (non-hydrogen) atoms. The molecule has 1 aromatic carbocycles. The highest BCUT2D eigenvalue weighted by atomic mass is 35.5. The van der Waals surface area contributed by atoms with Crippen LogP contribution in [0.25, 0.3) is 0 Å². The molecule has 0 bridgehead atoms. The van der Waals surface area contributed by atoms with Crippen LogP contribution >= 0.6 is 22.9 Å². The van der Waals surface area contributed by atoms with E-state index in [1.165, 1.54) is 4.88 Å². The third-order valence-corrected chi connectivity index (χ3v) is 3.29. The van der Waals surface area contributed by atoms with Crippen molar-refractivity contribution >= 4 is 28.6 Å². The van der Waals surface area contributed by atoms with E-state index in [0.717, 1.165) is 22.9 Å². The molecule has 0 saturated carbocycles. The van der Waals surface area contributed by atoms with Crippen molar-refractivity contribution in [1.29, 1.82) is 0 Å². The van der Waals surface area contributed by atoms with Gasteiger partial charge in [-0.1, -0.05) is 17.7 Å². The van der Waals surface area contributed by atoms with Gasteiger partial charge in [-0.3, -0.25) is 0 Å². The number of aromatic nitrogens is 1. The third-order valence-electron chi connectivity index (χ3n) is 2.12. The smallest absolute Gasteiger partial charge is 0.0798 e. The zero-order valence-electron chi connectivity index (χ0n) is 8.33. The first kappa shape index (κ1) is 10.5. The van der Waals surface area contributed by atoms with Gasteiger partial charge >= 0.3 is 0 Å². The summed E-state index contributed by atoms with van der Waals surface area (Å²) < 4.78 is 0. The number of benzene rings is 1. The Morgan fingerprint density at radius 1 is 1.47 bits per heavy atom. The number of aryl methyl sites for hydroxylation is 1. The highest BCUT2D eigenvalue weighted by Gasteiger charge is 2.00. The predicted octanol–water partition coefficient (Wildman–Crippen LogP) is 3.72. The molecule has 0 radical (unpaired) electrons. The molecule has 0 atom stereocenters. The summed E-state index contributed by atoms with van der Waals surface area (Å²) in [6.07, 6.45) is 0. The molecule has 1 aromatic heterocycles. The van der Waals surface area contributed by atoms with Gasteiger partial charge in [0.25, 0.3) is 0 Å². The van der Waals surface area contributed by atoms with Crippen LogP contribution in [0.3, 0.4) is 0 Å². The van der Waals surface area contributed by atoms with Gasteiger partial charge in [-0.05, 0) is 25.1 Å². The fourth-order valence-corrected chi connectivity index (χ4v) is 2.18. The van der Waals surface area contributed by atoms with Crippen LogP contribution in [0.15, 0.2) is 29.8 Å². The standard InChI is InChI=1S/C11H11ClN2S/c1-8-11(15-7-14-8)6-13-10-4-2-3-9(12)5-10/h2-5,7,13H,6H2,1H3. The lowest BCUT2D eigenvalue weighted by molar-refractivity contribution is 1.12. The van der Waals surface area contributed by atoms with Crippen LogP contribution in [0.4, 0.5) is 5.69 Å². The quantitative estimate of drug-likeness (QED) is 0.882. The summed E-state index contributed by atoms with van der Waals surface area (Å²) >= 11 is 7.55. The maximum absolute atomic E-state index is 5.89. The van der Waals surface area contributed by atoms with Gasteiger partial charge in [-0.2, -0.15) is 0 Å². The van der Waals surface area contributed by atoms with Crippen LogP contribution < -0.4 is 5.32 Å². The first-order valence-corrected chi connectivity index (χ1v) is 5.90. The average Bonchev–Trinajstić information content (AvgIpc) is 2.61. The minimum Gasteiger partial charge on any atom is -0.380 e. The van der Waals surface area contributed by atoms with E-state index < -0.39 is 0 Å². The van der Waals surface area contributed by atoms with Crippen LogP contribution in [-0.4, -0.2) is 4.98 Å². The molecule has 0 amide bonds. The van der Waals surface area contributed by atoms with E-state index in [1.54, 1.807) is 11.3 Å². The van der Waals surface area contributed by atoms with Crippen molar-refractivity contribution in [1.82, 2.24) is 4.98 Å². The molecule has 2 nitrogen and oxygen atoms in total. The van der Waals surface area contributed by atoms with E-state index in [2.05, 4.69) is 10.3 Å². The van der Waals surface area contributed by atoms with Gasteiger partial charge in [-0.15, -0.1) is 11.3 Å². The molecule has 2 rings (SSSR count). The lowest BCUT2D eigenvalue weighted by atomic mass is 10.3. The van der Waals surface area contributed by atoms with Gasteiger partial charge in [0.15, 0.2) is 0 Å². The Morgan fingerprint density at radius 3 is 3.00 bits per heavy atom. The topological polar surface area (TPSA) is 24.9 Å². The predicted molar refractivity (Wildman–Crippen MR) is 65.6 cm³/mol. The molecular weight excluding hydrogens is 228 g/mol. The van der Waals surface area contributed by atoms with Crippen molar-refractivity contribution in [2.75, 3.05) is 5.32 Å². The number of halogens is 1. The summed E-state index contributed by atoms with van der Waals surface area (Å²) in [6, 6.07) is 7.72. The molecule has 0 saturated heterocycles. The number of thiazole rings is 1. The van der Waals surface area contributed by atoms with Crippen LogP contribution in [0, 0.1) is 6.92 Å². The van der Waals surface area contributed by atoms with Crippen LogP contribution in [-0.2, 0) is 6.54 Å². The lowest BCUT2D eigenvalue weighted by Crippen LogP contribution is -1.98. The Bertz CT molecular complexity index is 453. The summed E-state index contributed by atoms with van der Waals surface area (Å²) in [5, 5.41) is 4.07. The second kappa shape index (κ2) is 4.64. The number of hydrogen-bond donors (Lipinski definition) is 1. The molecule has 0 aliphatic heterocycles. The number of nitrogens with zero attached hydrogens (tertiary/aromatic N) is 1. The van der Waals surface area contributed by atoms with Gasteiger partial charge in [0.2, 0.25) is 0 Å². The van der Waals surface area contributed by atoms with E-state index in [1.807, 2.05) is 36.7 Å². The number of rotatable bonds is 3. The van der Waals surface area contributed by atoms with Crippen LogP contribution in [0.2, 0.25) is 5.02 Å². The number of hydrogen-bond acceptors (Lipinski definition) is 3. The largest absolute Gasteiger partial charge is 0.380 e. The van der Waals surface area contributed by atoms with E-state index in [-0.39, 0.29) is 0 Å². The maximum Gasteiger partial charge on any atom is 0.0798 e. The SMILES string of the molecule is Cc1ncsc1CNc1cccc(Cl)c1. The Morgan fingerprint density at radius 2 is 2.33 bits per heavy atom. The summed E-state index contributed by atoms with van der Waals surface area (Å²) in [5.41, 5.74) is 3.99. The molecule has 0 aliphatic rings. The molecule has 4 heteroatoms. The number of nitrogens with one attached hydrogen (secondary N) is 1. The highest BCUT2D eigenvalue weighted by Crippen LogP contribution is 2.18. The second-order valence-corrected chi connectivity index (χ2v) is 4.60. The Hall–Kier alpha value is -1.06. The highest BCUT2D eigenvalue weighted by molar-refractivity contribution is 7.09. The van der Waals surface area contributed by atoms with E-state index in [9.17, 15) is 0 Å². The third kappa shape index (κ3) is 2.70. The van der Waals surface area contributed by atoms with Gasteiger partial charge in [0.1, 0.15) is 0 Å². The molecule has 78 valence electrons.